The van der Waals surface area contributed by atoms with E-state index in [4.69, 9.17) is 10.8 Å². The molecule has 0 bridgehead atoms. The van der Waals surface area contributed by atoms with Crippen molar-refractivity contribution in [2.75, 3.05) is 18.5 Å². The molecule has 76 valence electrons. The molecule has 3 heteroatoms. The molecule has 0 saturated heterocycles. The number of rotatable bonds is 4. The van der Waals surface area contributed by atoms with Gasteiger partial charge in [-0.1, -0.05) is 18.7 Å². The van der Waals surface area contributed by atoms with Crippen LogP contribution in [-0.2, 0) is 0 Å². The topological polar surface area (TPSA) is 58.3 Å². The van der Waals surface area contributed by atoms with Crippen molar-refractivity contribution in [3.05, 3.63) is 35.9 Å². The first-order valence-corrected chi connectivity index (χ1v) is 4.55. The quantitative estimate of drug-likeness (QED) is 0.674. The van der Waals surface area contributed by atoms with Crippen LogP contribution in [-0.4, -0.2) is 18.3 Å². The first-order chi connectivity index (χ1) is 6.65. The third-order valence-electron chi connectivity index (χ3n) is 1.95. The molecule has 1 rings (SSSR count). The molecule has 0 aliphatic carbocycles. The molecule has 3 nitrogen and oxygen atoms in total. The summed E-state index contributed by atoms with van der Waals surface area (Å²) in [5.41, 5.74) is 9.14. The first kappa shape index (κ1) is 10.6. The van der Waals surface area contributed by atoms with Crippen LogP contribution in [0, 0.1) is 6.92 Å². The van der Waals surface area contributed by atoms with Crippen molar-refractivity contribution < 1.29 is 5.11 Å². The van der Waals surface area contributed by atoms with Gasteiger partial charge in [-0.3, -0.25) is 0 Å². The molecule has 0 fully saturated rings. The molecule has 0 spiro atoms. The van der Waals surface area contributed by atoms with Gasteiger partial charge in [0.2, 0.25) is 0 Å². The Morgan fingerprint density at radius 2 is 2.29 bits per heavy atom. The number of benzene rings is 1. The van der Waals surface area contributed by atoms with Crippen molar-refractivity contribution in [1.82, 2.24) is 0 Å². The van der Waals surface area contributed by atoms with E-state index in [-0.39, 0.29) is 6.61 Å². The lowest BCUT2D eigenvalue weighted by atomic mass is 10.1. The van der Waals surface area contributed by atoms with Crippen molar-refractivity contribution in [2.45, 2.75) is 6.92 Å². The van der Waals surface area contributed by atoms with Crippen LogP contribution >= 0.6 is 0 Å². The summed E-state index contributed by atoms with van der Waals surface area (Å²) in [7, 11) is 0. The highest BCUT2D eigenvalue weighted by Gasteiger charge is 2.02. The Bertz CT molecular complexity index is 334. The highest BCUT2D eigenvalue weighted by Crippen LogP contribution is 2.21. The molecule has 0 aromatic heterocycles. The number of aliphatic hydroxyl groups is 1. The van der Waals surface area contributed by atoms with Crippen molar-refractivity contribution in [2.24, 2.45) is 5.73 Å². The maximum atomic E-state index is 8.71. The van der Waals surface area contributed by atoms with Crippen LogP contribution in [0.15, 0.2) is 24.8 Å². The van der Waals surface area contributed by atoms with Gasteiger partial charge in [-0.15, -0.1) is 0 Å². The van der Waals surface area contributed by atoms with Gasteiger partial charge in [0.25, 0.3) is 0 Å². The predicted molar refractivity (Wildman–Crippen MR) is 60.0 cm³/mol. The summed E-state index contributed by atoms with van der Waals surface area (Å²) in [4.78, 5) is 0. The lowest BCUT2D eigenvalue weighted by Crippen LogP contribution is -2.08. The third-order valence-corrected chi connectivity index (χ3v) is 1.95. The van der Waals surface area contributed by atoms with Gasteiger partial charge in [0, 0.05) is 23.5 Å². The summed E-state index contributed by atoms with van der Waals surface area (Å²) in [5.74, 6) is 0. The van der Waals surface area contributed by atoms with E-state index in [1.54, 1.807) is 0 Å². The molecule has 0 radical (unpaired) electrons. The first-order valence-electron chi connectivity index (χ1n) is 4.55. The van der Waals surface area contributed by atoms with E-state index in [1.807, 2.05) is 25.1 Å². The molecule has 0 heterocycles. The van der Waals surface area contributed by atoms with E-state index in [1.165, 1.54) is 0 Å². The van der Waals surface area contributed by atoms with Gasteiger partial charge in [-0.05, 0) is 18.6 Å². The standard InChI is InChI=1S/C11H16N2O/c1-8-3-4-10(9(2)12)11(7-8)13-5-6-14/h3-4,7,13-14H,2,5-6,12H2,1H3. The Morgan fingerprint density at radius 1 is 1.57 bits per heavy atom. The molecular formula is C11H16N2O. The number of hydrogen-bond acceptors (Lipinski definition) is 3. The smallest absolute Gasteiger partial charge is 0.0604 e. The van der Waals surface area contributed by atoms with Crippen LogP contribution in [0.5, 0.6) is 0 Å². The second kappa shape index (κ2) is 4.67. The monoisotopic (exact) mass is 192 g/mol. The number of aliphatic hydroxyl groups excluding tert-OH is 1. The lowest BCUT2D eigenvalue weighted by molar-refractivity contribution is 0.311. The molecule has 0 aliphatic rings. The fraction of sp³-hybridized carbons (Fsp3) is 0.273. The van der Waals surface area contributed by atoms with E-state index in [0.717, 1.165) is 16.8 Å². The summed E-state index contributed by atoms with van der Waals surface area (Å²) in [6.45, 7) is 6.33. The Labute approximate surface area is 84.3 Å². The van der Waals surface area contributed by atoms with Crippen LogP contribution in [0.1, 0.15) is 11.1 Å². The number of anilines is 1. The molecule has 0 saturated carbocycles. The molecule has 1 aromatic rings. The normalized spacial score (nSPS) is 9.86. The Balaban J connectivity index is 2.97. The van der Waals surface area contributed by atoms with Crippen LogP contribution in [0.4, 0.5) is 5.69 Å². The van der Waals surface area contributed by atoms with E-state index in [0.29, 0.717) is 12.2 Å². The average Bonchev–Trinajstić information content (AvgIpc) is 2.14. The number of aryl methyl sites for hydroxylation is 1. The Morgan fingerprint density at radius 3 is 2.86 bits per heavy atom. The highest BCUT2D eigenvalue weighted by atomic mass is 16.3. The van der Waals surface area contributed by atoms with Gasteiger partial charge < -0.3 is 16.2 Å². The fourth-order valence-electron chi connectivity index (χ4n) is 1.27. The average molecular weight is 192 g/mol. The zero-order valence-electron chi connectivity index (χ0n) is 8.38. The van der Waals surface area contributed by atoms with Crippen LogP contribution in [0.2, 0.25) is 0 Å². The number of nitrogens with one attached hydrogen (secondary N) is 1. The number of nitrogens with two attached hydrogens (primary N) is 1. The molecule has 0 atom stereocenters. The molecular weight excluding hydrogens is 176 g/mol. The maximum Gasteiger partial charge on any atom is 0.0604 e. The zero-order valence-corrected chi connectivity index (χ0v) is 8.38. The Kier molecular flexibility index (Phi) is 3.54. The van der Waals surface area contributed by atoms with Gasteiger partial charge in [-0.2, -0.15) is 0 Å². The van der Waals surface area contributed by atoms with Gasteiger partial charge in [0.15, 0.2) is 0 Å². The summed E-state index contributed by atoms with van der Waals surface area (Å²) < 4.78 is 0. The third kappa shape index (κ3) is 2.50. The van der Waals surface area contributed by atoms with Crippen LogP contribution < -0.4 is 11.1 Å². The molecule has 0 unspecified atom stereocenters. The predicted octanol–water partition coefficient (Wildman–Crippen LogP) is 1.33. The van der Waals surface area contributed by atoms with E-state index >= 15 is 0 Å². The van der Waals surface area contributed by atoms with Gasteiger partial charge >= 0.3 is 0 Å². The van der Waals surface area contributed by atoms with Crippen LogP contribution in [0.3, 0.4) is 0 Å². The van der Waals surface area contributed by atoms with Crippen molar-refractivity contribution in [3.8, 4) is 0 Å². The van der Waals surface area contributed by atoms with Crippen molar-refractivity contribution >= 4 is 11.4 Å². The maximum absolute atomic E-state index is 8.71. The molecule has 4 N–H and O–H groups in total. The van der Waals surface area contributed by atoms with Crippen LogP contribution in [0.25, 0.3) is 5.70 Å². The fourth-order valence-corrected chi connectivity index (χ4v) is 1.27. The minimum atomic E-state index is 0.102. The Hall–Kier alpha value is -1.48. The summed E-state index contributed by atoms with van der Waals surface area (Å²) in [6, 6.07) is 5.90. The van der Waals surface area contributed by atoms with E-state index in [2.05, 4.69) is 11.9 Å². The van der Waals surface area contributed by atoms with Crippen molar-refractivity contribution in [3.63, 3.8) is 0 Å². The zero-order chi connectivity index (χ0) is 10.6. The molecule has 14 heavy (non-hydrogen) atoms. The minimum Gasteiger partial charge on any atom is -0.399 e. The lowest BCUT2D eigenvalue weighted by Gasteiger charge is -2.11. The van der Waals surface area contributed by atoms with E-state index < -0.39 is 0 Å². The summed E-state index contributed by atoms with van der Waals surface area (Å²) in [5, 5.41) is 11.8. The molecule has 0 amide bonds. The summed E-state index contributed by atoms with van der Waals surface area (Å²) in [6.07, 6.45) is 0. The molecule has 0 aliphatic heterocycles. The van der Waals surface area contributed by atoms with Crippen molar-refractivity contribution in [1.29, 1.82) is 0 Å². The highest BCUT2D eigenvalue weighted by molar-refractivity contribution is 5.73. The van der Waals surface area contributed by atoms with Gasteiger partial charge in [0.05, 0.1) is 6.61 Å². The van der Waals surface area contributed by atoms with Gasteiger partial charge in [0.1, 0.15) is 0 Å². The number of hydrogen-bond donors (Lipinski definition) is 3. The second-order valence-corrected chi connectivity index (χ2v) is 3.22. The molecule has 1 aromatic carbocycles. The minimum absolute atomic E-state index is 0.102. The largest absolute Gasteiger partial charge is 0.399 e. The SMILES string of the molecule is C=C(N)c1ccc(C)cc1NCCO. The second-order valence-electron chi connectivity index (χ2n) is 3.22. The van der Waals surface area contributed by atoms with Gasteiger partial charge in [-0.25, -0.2) is 0 Å². The van der Waals surface area contributed by atoms with E-state index in [9.17, 15) is 0 Å². The summed E-state index contributed by atoms with van der Waals surface area (Å²) >= 11 is 0.